The van der Waals surface area contributed by atoms with Crippen molar-refractivity contribution in [3.05, 3.63) is 247 Å². The van der Waals surface area contributed by atoms with Crippen LogP contribution in [-0.4, -0.2) is 0 Å². The molecular formula is C64H49NS. The van der Waals surface area contributed by atoms with Crippen LogP contribution in [-0.2, 0) is 10.8 Å². The molecule has 0 bridgehead atoms. The molecule has 1 aliphatic rings. The molecule has 66 heavy (non-hydrogen) atoms. The molecule has 0 aliphatic heterocycles. The van der Waals surface area contributed by atoms with E-state index >= 15 is 0 Å². The van der Waals surface area contributed by atoms with Gasteiger partial charge in [-0.1, -0.05) is 210 Å². The first-order valence-electron chi connectivity index (χ1n) is 23.1. The lowest BCUT2D eigenvalue weighted by Gasteiger charge is -2.33. The summed E-state index contributed by atoms with van der Waals surface area (Å²) in [6.07, 6.45) is 0. The van der Waals surface area contributed by atoms with Gasteiger partial charge in [-0.05, 0) is 109 Å². The highest BCUT2D eigenvalue weighted by Gasteiger charge is 2.36. The summed E-state index contributed by atoms with van der Waals surface area (Å²) in [5.74, 6) is 0. The van der Waals surface area contributed by atoms with Crippen LogP contribution in [0.1, 0.15) is 49.9 Å². The Kier molecular flexibility index (Phi) is 9.45. The molecule has 10 aromatic carbocycles. The number of rotatable bonds is 8. The van der Waals surface area contributed by atoms with Gasteiger partial charge in [0.25, 0.3) is 0 Å². The monoisotopic (exact) mass is 863 g/mol. The van der Waals surface area contributed by atoms with Crippen molar-refractivity contribution in [2.75, 3.05) is 4.90 Å². The zero-order valence-corrected chi connectivity index (χ0v) is 38.5. The Balaban J connectivity index is 1.18. The van der Waals surface area contributed by atoms with Crippen molar-refractivity contribution in [2.24, 2.45) is 0 Å². The van der Waals surface area contributed by atoms with Gasteiger partial charge in [-0.25, -0.2) is 0 Å². The first-order valence-corrected chi connectivity index (χ1v) is 23.9. The first-order chi connectivity index (χ1) is 32.3. The summed E-state index contributed by atoms with van der Waals surface area (Å²) in [6, 6.07) is 83.7. The van der Waals surface area contributed by atoms with Gasteiger partial charge in [0.1, 0.15) is 0 Å². The van der Waals surface area contributed by atoms with Crippen LogP contribution >= 0.6 is 11.3 Å². The highest BCUT2D eigenvalue weighted by molar-refractivity contribution is 7.25. The van der Waals surface area contributed by atoms with Crippen molar-refractivity contribution >= 4 is 59.3 Å². The molecule has 1 heterocycles. The van der Waals surface area contributed by atoms with E-state index in [1.807, 2.05) is 11.3 Å². The Hall–Kier alpha value is -7.52. The van der Waals surface area contributed by atoms with Crippen LogP contribution in [0.3, 0.4) is 0 Å². The maximum atomic E-state index is 2.56. The van der Waals surface area contributed by atoms with Crippen LogP contribution in [0.4, 0.5) is 17.1 Å². The predicted octanol–water partition coefficient (Wildman–Crippen LogP) is 18.3. The number of thiophene rings is 1. The number of fused-ring (bicyclic) bond motifs is 7. The minimum atomic E-state index is -0.239. The summed E-state index contributed by atoms with van der Waals surface area (Å²) in [7, 11) is 0. The van der Waals surface area contributed by atoms with Crippen molar-refractivity contribution in [3.63, 3.8) is 0 Å². The summed E-state index contributed by atoms with van der Waals surface area (Å²) in [5, 5.41) is 5.03. The molecule has 2 heteroatoms. The predicted molar refractivity (Wildman–Crippen MR) is 284 cm³/mol. The van der Waals surface area contributed by atoms with E-state index in [1.165, 1.54) is 97.7 Å². The van der Waals surface area contributed by atoms with Gasteiger partial charge in [-0.2, -0.15) is 0 Å². The molecule has 1 aliphatic carbocycles. The van der Waals surface area contributed by atoms with Crippen LogP contribution in [0.25, 0.3) is 75.5 Å². The zero-order valence-electron chi connectivity index (χ0n) is 37.7. The standard InChI is InChI=1S/C64H49NS/c1-63(2,44-23-9-6-10-24-44)45-35-39-57(53(40-45)42-20-7-5-8-21-42)65(46-36-37-56-54(41-46)49-27-15-17-31-55(49)64(56,3)4)58-38-34-43-22-11-12-25-47(43)61(58)50-28-14-13-26-48(50)51-30-19-33-60-62(51)52-29-16-18-32-59(52)66-60/h5-41H,1-4H3. The lowest BCUT2D eigenvalue weighted by molar-refractivity contribution is 0.641. The van der Waals surface area contributed by atoms with Crippen LogP contribution in [0.2, 0.25) is 0 Å². The third kappa shape index (κ3) is 6.35. The second-order valence-electron chi connectivity index (χ2n) is 18.8. The fraction of sp³-hybridized carbons (Fsp3) is 0.0938. The SMILES string of the molecule is CC(C)(c1ccccc1)c1ccc(N(c2ccc3c(c2)-c2ccccc2C3(C)C)c2ccc3ccccc3c2-c2ccccc2-c2cccc3sc4ccccc4c23)c(-c2ccccc2)c1. The van der Waals surface area contributed by atoms with Crippen molar-refractivity contribution in [1.29, 1.82) is 0 Å². The molecule has 0 spiro atoms. The topological polar surface area (TPSA) is 3.24 Å². The maximum absolute atomic E-state index is 2.56. The van der Waals surface area contributed by atoms with E-state index in [1.54, 1.807) is 0 Å². The molecule has 0 unspecified atom stereocenters. The van der Waals surface area contributed by atoms with Crippen LogP contribution in [0.5, 0.6) is 0 Å². The van der Waals surface area contributed by atoms with Gasteiger partial charge in [-0.3, -0.25) is 0 Å². The molecule has 0 radical (unpaired) electrons. The Bertz CT molecular complexity index is 3650. The quantitative estimate of drug-likeness (QED) is 0.147. The summed E-state index contributed by atoms with van der Waals surface area (Å²) >= 11 is 1.87. The van der Waals surface area contributed by atoms with Gasteiger partial charge >= 0.3 is 0 Å². The summed E-state index contributed by atoms with van der Waals surface area (Å²) in [6.45, 7) is 9.43. The average Bonchev–Trinajstić information content (AvgIpc) is 3.86. The van der Waals surface area contributed by atoms with Gasteiger partial charge in [0.2, 0.25) is 0 Å². The number of hydrogen-bond donors (Lipinski definition) is 0. The van der Waals surface area contributed by atoms with E-state index in [9.17, 15) is 0 Å². The maximum Gasteiger partial charge on any atom is 0.0546 e. The van der Waals surface area contributed by atoms with E-state index in [-0.39, 0.29) is 10.8 Å². The van der Waals surface area contributed by atoms with Gasteiger partial charge in [0.05, 0.1) is 11.4 Å². The summed E-state index contributed by atoms with van der Waals surface area (Å²) < 4.78 is 2.61. The molecule has 316 valence electrons. The molecule has 0 saturated carbocycles. The van der Waals surface area contributed by atoms with Crippen molar-refractivity contribution < 1.29 is 0 Å². The third-order valence-corrected chi connectivity index (χ3v) is 15.5. The Labute approximate surface area is 391 Å². The van der Waals surface area contributed by atoms with Gasteiger partial charge < -0.3 is 4.90 Å². The first kappa shape index (κ1) is 40.0. The van der Waals surface area contributed by atoms with Crippen molar-refractivity contribution in [2.45, 2.75) is 38.5 Å². The Morgan fingerprint density at radius 2 is 1.03 bits per heavy atom. The normalized spacial score (nSPS) is 13.0. The molecule has 11 aromatic rings. The molecule has 0 amide bonds. The fourth-order valence-corrected chi connectivity index (χ4v) is 12.0. The summed E-state index contributed by atoms with van der Waals surface area (Å²) in [5.41, 5.74) is 18.1. The lowest BCUT2D eigenvalue weighted by Crippen LogP contribution is -2.20. The molecule has 1 nitrogen and oxygen atoms in total. The molecule has 12 rings (SSSR count). The van der Waals surface area contributed by atoms with E-state index < -0.39 is 0 Å². The number of nitrogens with zero attached hydrogens (tertiary/aromatic N) is 1. The smallest absolute Gasteiger partial charge is 0.0546 e. The largest absolute Gasteiger partial charge is 0.309 e. The number of anilines is 3. The van der Waals surface area contributed by atoms with Crippen LogP contribution < -0.4 is 4.90 Å². The van der Waals surface area contributed by atoms with E-state index in [2.05, 4.69) is 257 Å². The minimum Gasteiger partial charge on any atom is -0.309 e. The third-order valence-electron chi connectivity index (χ3n) is 14.4. The molecule has 0 saturated heterocycles. The molecule has 0 atom stereocenters. The molecule has 1 aromatic heterocycles. The van der Waals surface area contributed by atoms with E-state index in [4.69, 9.17) is 0 Å². The minimum absolute atomic E-state index is 0.116. The van der Waals surface area contributed by atoms with E-state index in [0.29, 0.717) is 0 Å². The van der Waals surface area contributed by atoms with Crippen molar-refractivity contribution in [3.8, 4) is 44.5 Å². The fourth-order valence-electron chi connectivity index (χ4n) is 10.9. The van der Waals surface area contributed by atoms with Crippen molar-refractivity contribution in [1.82, 2.24) is 0 Å². The second kappa shape index (κ2) is 15.6. The van der Waals surface area contributed by atoms with Gasteiger partial charge in [-0.15, -0.1) is 11.3 Å². The zero-order chi connectivity index (χ0) is 44.6. The van der Waals surface area contributed by atoms with Crippen LogP contribution in [0, 0.1) is 0 Å². The number of hydrogen-bond acceptors (Lipinski definition) is 2. The van der Waals surface area contributed by atoms with Gasteiger partial charge in [0, 0.05) is 47.8 Å². The van der Waals surface area contributed by atoms with E-state index in [0.717, 1.165) is 17.1 Å². The summed E-state index contributed by atoms with van der Waals surface area (Å²) in [4.78, 5) is 2.56. The molecular weight excluding hydrogens is 815 g/mol. The average molecular weight is 864 g/mol. The second-order valence-corrected chi connectivity index (χ2v) is 19.9. The highest BCUT2D eigenvalue weighted by atomic mass is 32.1. The molecule has 0 fully saturated rings. The number of benzene rings is 10. The Morgan fingerprint density at radius 1 is 0.409 bits per heavy atom. The lowest BCUT2D eigenvalue weighted by atomic mass is 9.77. The molecule has 0 N–H and O–H groups in total. The Morgan fingerprint density at radius 3 is 1.85 bits per heavy atom. The van der Waals surface area contributed by atoms with Crippen LogP contribution in [0.15, 0.2) is 224 Å². The highest BCUT2D eigenvalue weighted by Crippen LogP contribution is 2.54. The van der Waals surface area contributed by atoms with Gasteiger partial charge in [0.15, 0.2) is 0 Å².